The molecule has 0 spiro atoms. The summed E-state index contributed by atoms with van der Waals surface area (Å²) in [7, 11) is 0. The van der Waals surface area contributed by atoms with Crippen molar-refractivity contribution in [2.45, 2.75) is 39.7 Å². The van der Waals surface area contributed by atoms with Crippen molar-refractivity contribution in [3.05, 3.63) is 0 Å². The number of hydrogen-bond donors (Lipinski definition) is 1. The highest BCUT2D eigenvalue weighted by Crippen LogP contribution is 2.23. The SMILES string of the molecule is CCSCCC(CN)N1CC(C)CC(C)C1. The van der Waals surface area contributed by atoms with Crippen molar-refractivity contribution in [2.24, 2.45) is 17.6 Å². The third-order valence-corrected chi connectivity index (χ3v) is 4.42. The fourth-order valence-corrected chi connectivity index (χ4v) is 3.55. The Labute approximate surface area is 105 Å². The first-order valence-corrected chi connectivity index (χ1v) is 7.84. The summed E-state index contributed by atoms with van der Waals surface area (Å²) >= 11 is 2.04. The van der Waals surface area contributed by atoms with Crippen molar-refractivity contribution >= 4 is 11.8 Å². The number of thioether (sulfide) groups is 1. The van der Waals surface area contributed by atoms with Gasteiger partial charge in [0.1, 0.15) is 0 Å². The average Bonchev–Trinajstić information content (AvgIpc) is 2.23. The number of nitrogens with two attached hydrogens (primary N) is 1. The minimum Gasteiger partial charge on any atom is -0.329 e. The first-order chi connectivity index (χ1) is 7.67. The van der Waals surface area contributed by atoms with Crippen LogP contribution in [0, 0.1) is 11.8 Å². The van der Waals surface area contributed by atoms with E-state index < -0.39 is 0 Å². The highest BCUT2D eigenvalue weighted by Gasteiger charge is 2.26. The minimum absolute atomic E-state index is 0.615. The lowest BCUT2D eigenvalue weighted by Gasteiger charge is -2.39. The van der Waals surface area contributed by atoms with Gasteiger partial charge in [0.2, 0.25) is 0 Å². The Bertz CT molecular complexity index is 177. The van der Waals surface area contributed by atoms with Crippen LogP contribution in [0.1, 0.15) is 33.6 Å². The molecule has 96 valence electrons. The smallest absolute Gasteiger partial charge is 0.0226 e. The van der Waals surface area contributed by atoms with E-state index in [0.717, 1.165) is 18.4 Å². The molecule has 0 aromatic heterocycles. The van der Waals surface area contributed by atoms with Gasteiger partial charge in [-0.15, -0.1) is 0 Å². The van der Waals surface area contributed by atoms with Gasteiger partial charge in [0.05, 0.1) is 0 Å². The molecule has 16 heavy (non-hydrogen) atoms. The molecule has 1 rings (SSSR count). The van der Waals surface area contributed by atoms with Gasteiger partial charge in [-0.3, -0.25) is 4.90 Å². The largest absolute Gasteiger partial charge is 0.329 e. The van der Waals surface area contributed by atoms with Crippen LogP contribution >= 0.6 is 11.8 Å². The summed E-state index contributed by atoms with van der Waals surface area (Å²) in [6.07, 6.45) is 2.64. The van der Waals surface area contributed by atoms with Gasteiger partial charge in [0.25, 0.3) is 0 Å². The van der Waals surface area contributed by atoms with Crippen molar-refractivity contribution in [1.29, 1.82) is 0 Å². The lowest BCUT2D eigenvalue weighted by atomic mass is 9.90. The topological polar surface area (TPSA) is 29.3 Å². The molecule has 0 aromatic rings. The van der Waals surface area contributed by atoms with Gasteiger partial charge < -0.3 is 5.73 Å². The van der Waals surface area contributed by atoms with E-state index in [2.05, 4.69) is 25.7 Å². The summed E-state index contributed by atoms with van der Waals surface area (Å²) < 4.78 is 0. The molecule has 0 aromatic carbocycles. The van der Waals surface area contributed by atoms with E-state index in [-0.39, 0.29) is 0 Å². The maximum absolute atomic E-state index is 5.93. The molecule has 1 fully saturated rings. The lowest BCUT2D eigenvalue weighted by Crippen LogP contribution is -2.48. The molecule has 3 unspecified atom stereocenters. The van der Waals surface area contributed by atoms with Crippen molar-refractivity contribution in [2.75, 3.05) is 31.1 Å². The second-order valence-corrected chi connectivity index (χ2v) is 6.67. The maximum atomic E-state index is 5.93. The van der Waals surface area contributed by atoms with Gasteiger partial charge in [-0.05, 0) is 36.2 Å². The number of piperidine rings is 1. The van der Waals surface area contributed by atoms with Gasteiger partial charge in [0.15, 0.2) is 0 Å². The summed E-state index contributed by atoms with van der Waals surface area (Å²) in [5, 5.41) is 0. The molecule has 0 aliphatic carbocycles. The fraction of sp³-hybridized carbons (Fsp3) is 1.00. The van der Waals surface area contributed by atoms with Crippen molar-refractivity contribution < 1.29 is 0 Å². The highest BCUT2D eigenvalue weighted by atomic mass is 32.2. The number of nitrogens with zero attached hydrogens (tertiary/aromatic N) is 1. The summed E-state index contributed by atoms with van der Waals surface area (Å²) in [6.45, 7) is 10.3. The number of hydrogen-bond acceptors (Lipinski definition) is 3. The van der Waals surface area contributed by atoms with Crippen LogP contribution in [0.5, 0.6) is 0 Å². The van der Waals surface area contributed by atoms with Crippen molar-refractivity contribution in [3.63, 3.8) is 0 Å². The molecule has 1 saturated heterocycles. The number of rotatable bonds is 6. The third kappa shape index (κ3) is 4.64. The summed E-state index contributed by atoms with van der Waals surface area (Å²) in [6, 6.07) is 0.615. The van der Waals surface area contributed by atoms with E-state index in [1.165, 1.54) is 37.4 Å². The van der Waals surface area contributed by atoms with E-state index >= 15 is 0 Å². The monoisotopic (exact) mass is 244 g/mol. The molecule has 1 aliphatic heterocycles. The van der Waals surface area contributed by atoms with E-state index in [9.17, 15) is 0 Å². The Morgan fingerprint density at radius 1 is 1.31 bits per heavy atom. The minimum atomic E-state index is 0.615. The Kier molecular flexibility index (Phi) is 6.78. The molecular formula is C13H28N2S. The molecule has 2 nitrogen and oxygen atoms in total. The Morgan fingerprint density at radius 2 is 1.94 bits per heavy atom. The molecule has 0 amide bonds. The molecule has 2 N–H and O–H groups in total. The summed E-state index contributed by atoms with van der Waals surface area (Å²) in [5.74, 6) is 4.18. The van der Waals surface area contributed by atoms with Crippen molar-refractivity contribution in [3.8, 4) is 0 Å². The molecule has 3 atom stereocenters. The highest BCUT2D eigenvalue weighted by molar-refractivity contribution is 7.99. The molecule has 0 radical (unpaired) electrons. The number of likely N-dealkylation sites (tertiary alicyclic amines) is 1. The van der Waals surface area contributed by atoms with Crippen LogP contribution < -0.4 is 5.73 Å². The zero-order valence-corrected chi connectivity index (χ0v) is 11.9. The fourth-order valence-electron chi connectivity index (χ4n) is 2.82. The van der Waals surface area contributed by atoms with Gasteiger partial charge in [-0.2, -0.15) is 11.8 Å². The van der Waals surface area contributed by atoms with Gasteiger partial charge in [-0.1, -0.05) is 20.8 Å². The molecule has 0 bridgehead atoms. The van der Waals surface area contributed by atoms with Crippen LogP contribution in [0.25, 0.3) is 0 Å². The lowest BCUT2D eigenvalue weighted by molar-refractivity contribution is 0.0970. The molecule has 1 heterocycles. The molecule has 0 saturated carbocycles. The van der Waals surface area contributed by atoms with Gasteiger partial charge in [-0.25, -0.2) is 0 Å². The van der Waals surface area contributed by atoms with Crippen LogP contribution in [0.15, 0.2) is 0 Å². The first-order valence-electron chi connectivity index (χ1n) is 6.69. The van der Waals surface area contributed by atoms with Crippen LogP contribution in [0.3, 0.4) is 0 Å². The average molecular weight is 244 g/mol. The zero-order valence-electron chi connectivity index (χ0n) is 11.1. The van der Waals surface area contributed by atoms with Crippen molar-refractivity contribution in [1.82, 2.24) is 4.90 Å². The van der Waals surface area contributed by atoms with E-state index in [1.54, 1.807) is 0 Å². The third-order valence-electron chi connectivity index (χ3n) is 3.49. The quantitative estimate of drug-likeness (QED) is 0.728. The van der Waals surface area contributed by atoms with Gasteiger partial charge in [0, 0.05) is 25.7 Å². The summed E-state index contributed by atoms with van der Waals surface area (Å²) in [4.78, 5) is 2.63. The summed E-state index contributed by atoms with van der Waals surface area (Å²) in [5.41, 5.74) is 5.93. The standard InChI is InChI=1S/C13H28N2S/c1-4-16-6-5-13(8-14)15-9-11(2)7-12(3)10-15/h11-13H,4-10,14H2,1-3H3. The molecule has 1 aliphatic rings. The van der Waals surface area contributed by atoms with Gasteiger partial charge >= 0.3 is 0 Å². The molecular weight excluding hydrogens is 216 g/mol. The molecule has 3 heteroatoms. The van der Waals surface area contributed by atoms with E-state index in [0.29, 0.717) is 6.04 Å². The zero-order chi connectivity index (χ0) is 12.0. The van der Waals surface area contributed by atoms with Crippen LogP contribution in [-0.2, 0) is 0 Å². The Balaban J connectivity index is 2.38. The van der Waals surface area contributed by atoms with E-state index in [1.807, 2.05) is 11.8 Å². The Morgan fingerprint density at radius 3 is 2.44 bits per heavy atom. The second-order valence-electron chi connectivity index (χ2n) is 5.28. The first kappa shape index (κ1) is 14.3. The van der Waals surface area contributed by atoms with Crippen LogP contribution in [0.2, 0.25) is 0 Å². The predicted octanol–water partition coefficient (Wildman–Crippen LogP) is 2.43. The predicted molar refractivity (Wildman–Crippen MR) is 75.0 cm³/mol. The maximum Gasteiger partial charge on any atom is 0.0226 e. The second kappa shape index (κ2) is 7.57. The normalized spacial score (nSPS) is 29.2. The van der Waals surface area contributed by atoms with E-state index in [4.69, 9.17) is 5.73 Å². The van der Waals surface area contributed by atoms with Crippen LogP contribution in [-0.4, -0.2) is 42.1 Å². The van der Waals surface area contributed by atoms with Crippen LogP contribution in [0.4, 0.5) is 0 Å². The Hall–Kier alpha value is 0.270.